The van der Waals surface area contributed by atoms with Crippen LogP contribution in [0, 0.1) is 0 Å². The molecule has 0 aromatic carbocycles. The zero-order valence-corrected chi connectivity index (χ0v) is 14.6. The number of carbonyl (C=O) groups is 1. The maximum atomic E-state index is 11.9. The summed E-state index contributed by atoms with van der Waals surface area (Å²) in [4.78, 5) is 13.5. The van der Waals surface area contributed by atoms with E-state index in [-0.39, 0.29) is 12.7 Å². The Kier molecular flexibility index (Phi) is 6.23. The quantitative estimate of drug-likeness (QED) is 0.604. The predicted molar refractivity (Wildman–Crippen MR) is 82.0 cm³/mol. The van der Waals surface area contributed by atoms with Gasteiger partial charge in [0, 0.05) is 13.1 Å². The molecule has 130 valence electrons. The molecule has 8 heteroatoms. The van der Waals surface area contributed by atoms with Crippen molar-refractivity contribution < 1.29 is 27.2 Å². The third kappa shape index (κ3) is 7.42. The number of rotatable bonds is 5. The lowest BCUT2D eigenvalue weighted by Gasteiger charge is -2.38. The molecule has 22 heavy (non-hydrogen) atoms. The Morgan fingerprint density at radius 2 is 1.82 bits per heavy atom. The van der Waals surface area contributed by atoms with Gasteiger partial charge in [0.25, 0.3) is 10.1 Å². The molecule has 0 spiro atoms. The first-order chi connectivity index (χ1) is 9.90. The summed E-state index contributed by atoms with van der Waals surface area (Å²) in [5.74, 6) is 0. The minimum absolute atomic E-state index is 0.0664. The lowest BCUT2D eigenvalue weighted by molar-refractivity contribution is -0.0388. The molecule has 1 rings (SSSR count). The molecular formula is C14H27NO6S. The minimum atomic E-state index is -3.44. The van der Waals surface area contributed by atoms with Crippen molar-refractivity contribution in [2.45, 2.75) is 57.7 Å². The lowest BCUT2D eigenvalue weighted by Crippen LogP contribution is -2.48. The molecule has 7 nitrogen and oxygen atoms in total. The Morgan fingerprint density at radius 1 is 1.27 bits per heavy atom. The van der Waals surface area contributed by atoms with Gasteiger partial charge in [0.1, 0.15) is 5.60 Å². The van der Waals surface area contributed by atoms with Crippen LogP contribution in [0.4, 0.5) is 4.79 Å². The van der Waals surface area contributed by atoms with Crippen LogP contribution in [0.15, 0.2) is 0 Å². The monoisotopic (exact) mass is 337 g/mol. The van der Waals surface area contributed by atoms with Crippen LogP contribution in [0.1, 0.15) is 46.5 Å². The number of hydrogen-bond acceptors (Lipinski definition) is 6. The molecule has 1 heterocycles. The molecule has 0 radical (unpaired) electrons. The Labute approximate surface area is 132 Å². The van der Waals surface area contributed by atoms with Gasteiger partial charge in [0.15, 0.2) is 0 Å². The van der Waals surface area contributed by atoms with E-state index in [1.807, 2.05) is 20.8 Å². The first kappa shape index (κ1) is 19.2. The smallest absolute Gasteiger partial charge is 0.410 e. The van der Waals surface area contributed by atoms with Gasteiger partial charge in [0.05, 0.1) is 18.5 Å². The fourth-order valence-electron chi connectivity index (χ4n) is 2.29. The topological polar surface area (TPSA) is 93.1 Å². The molecule has 1 saturated heterocycles. The molecule has 0 atom stereocenters. The summed E-state index contributed by atoms with van der Waals surface area (Å²) >= 11 is 0. The molecule has 0 unspecified atom stereocenters. The standard InChI is InChI=1S/C14H27NO6S/c1-13(2,3)21-12(16)15-9-7-14(17,8-10-15)6-5-11-20-22(4,18)19/h17H,5-11H2,1-4H3. The molecule has 1 fully saturated rings. The SMILES string of the molecule is CC(C)(C)OC(=O)N1CCC(O)(CCCOS(C)(=O)=O)CC1. The van der Waals surface area contributed by atoms with Crippen molar-refractivity contribution in [3.8, 4) is 0 Å². The fourth-order valence-corrected chi connectivity index (χ4v) is 2.71. The molecule has 1 aliphatic rings. The number of carbonyl (C=O) groups excluding carboxylic acids is 1. The van der Waals surface area contributed by atoms with Gasteiger partial charge < -0.3 is 14.7 Å². The van der Waals surface area contributed by atoms with Crippen LogP contribution in [0.3, 0.4) is 0 Å². The largest absolute Gasteiger partial charge is 0.444 e. The number of amides is 1. The first-order valence-corrected chi connectivity index (χ1v) is 9.27. The number of likely N-dealkylation sites (tertiary alicyclic amines) is 1. The van der Waals surface area contributed by atoms with E-state index < -0.39 is 21.3 Å². The minimum Gasteiger partial charge on any atom is -0.444 e. The Hall–Kier alpha value is -0.860. The number of aliphatic hydroxyl groups is 1. The summed E-state index contributed by atoms with van der Waals surface area (Å²) in [6.45, 7) is 6.36. The van der Waals surface area contributed by atoms with E-state index >= 15 is 0 Å². The van der Waals surface area contributed by atoms with Crippen molar-refractivity contribution in [2.24, 2.45) is 0 Å². The van der Waals surface area contributed by atoms with Crippen LogP contribution >= 0.6 is 0 Å². The van der Waals surface area contributed by atoms with E-state index in [9.17, 15) is 18.3 Å². The zero-order valence-electron chi connectivity index (χ0n) is 13.8. The third-order valence-corrected chi connectivity index (χ3v) is 4.02. The van der Waals surface area contributed by atoms with Crippen molar-refractivity contribution in [3.05, 3.63) is 0 Å². The molecule has 1 amide bonds. The van der Waals surface area contributed by atoms with E-state index in [4.69, 9.17) is 4.74 Å². The fraction of sp³-hybridized carbons (Fsp3) is 0.929. The number of hydrogen-bond donors (Lipinski definition) is 1. The molecule has 0 bridgehead atoms. The molecular weight excluding hydrogens is 310 g/mol. The summed E-state index contributed by atoms with van der Waals surface area (Å²) < 4.78 is 31.7. The van der Waals surface area contributed by atoms with Gasteiger partial charge in [0.2, 0.25) is 0 Å². The van der Waals surface area contributed by atoms with Gasteiger partial charge in [-0.2, -0.15) is 8.42 Å². The van der Waals surface area contributed by atoms with Gasteiger partial charge >= 0.3 is 6.09 Å². The Bertz CT molecular complexity index is 474. The average Bonchev–Trinajstić information content (AvgIpc) is 2.32. The number of piperidine rings is 1. The van der Waals surface area contributed by atoms with Crippen LogP contribution < -0.4 is 0 Å². The highest BCUT2D eigenvalue weighted by atomic mass is 32.2. The van der Waals surface area contributed by atoms with Crippen molar-refractivity contribution in [1.82, 2.24) is 4.90 Å². The predicted octanol–water partition coefficient (Wildman–Crippen LogP) is 1.50. The van der Waals surface area contributed by atoms with Gasteiger partial charge in [-0.25, -0.2) is 4.79 Å². The van der Waals surface area contributed by atoms with E-state index in [0.717, 1.165) is 6.26 Å². The maximum Gasteiger partial charge on any atom is 0.410 e. The second kappa shape index (κ2) is 7.14. The highest BCUT2D eigenvalue weighted by molar-refractivity contribution is 7.85. The first-order valence-electron chi connectivity index (χ1n) is 7.45. The second-order valence-electron chi connectivity index (χ2n) is 6.82. The Balaban J connectivity index is 2.35. The van der Waals surface area contributed by atoms with Gasteiger partial charge in [-0.3, -0.25) is 4.18 Å². The van der Waals surface area contributed by atoms with Crippen LogP contribution in [0.2, 0.25) is 0 Å². The van der Waals surface area contributed by atoms with Crippen molar-refractivity contribution in [2.75, 3.05) is 26.0 Å². The number of nitrogens with zero attached hydrogens (tertiary/aromatic N) is 1. The summed E-state index contributed by atoms with van der Waals surface area (Å²) in [5.41, 5.74) is -1.41. The second-order valence-corrected chi connectivity index (χ2v) is 8.47. The van der Waals surface area contributed by atoms with Crippen LogP contribution in [-0.4, -0.2) is 61.7 Å². The summed E-state index contributed by atoms with van der Waals surface area (Å²) in [7, 11) is -3.44. The van der Waals surface area contributed by atoms with Crippen LogP contribution in [0.5, 0.6) is 0 Å². The summed E-state index contributed by atoms with van der Waals surface area (Å²) in [5, 5.41) is 10.4. The maximum absolute atomic E-state index is 11.9. The molecule has 0 saturated carbocycles. The third-order valence-electron chi connectivity index (χ3n) is 3.43. The van der Waals surface area contributed by atoms with Crippen LogP contribution in [0.25, 0.3) is 0 Å². The normalized spacial score (nSPS) is 19.0. The lowest BCUT2D eigenvalue weighted by atomic mass is 9.87. The van der Waals surface area contributed by atoms with Crippen molar-refractivity contribution >= 4 is 16.2 Å². The molecule has 0 aromatic heterocycles. The van der Waals surface area contributed by atoms with E-state index in [1.54, 1.807) is 4.90 Å². The van der Waals surface area contributed by atoms with E-state index in [1.165, 1.54) is 0 Å². The summed E-state index contributed by atoms with van der Waals surface area (Å²) in [6.07, 6.45) is 2.44. The Morgan fingerprint density at radius 3 is 2.27 bits per heavy atom. The van der Waals surface area contributed by atoms with Gasteiger partial charge in [-0.05, 0) is 46.5 Å². The molecule has 1 aliphatic heterocycles. The molecule has 0 aliphatic carbocycles. The summed E-state index contributed by atoms with van der Waals surface area (Å²) in [6, 6.07) is 0. The van der Waals surface area contributed by atoms with Gasteiger partial charge in [-0.1, -0.05) is 0 Å². The van der Waals surface area contributed by atoms with Crippen LogP contribution in [-0.2, 0) is 19.0 Å². The highest BCUT2D eigenvalue weighted by Crippen LogP contribution is 2.27. The van der Waals surface area contributed by atoms with E-state index in [2.05, 4.69) is 4.18 Å². The zero-order chi connectivity index (χ0) is 17.0. The van der Waals surface area contributed by atoms with Gasteiger partial charge in [-0.15, -0.1) is 0 Å². The molecule has 1 N–H and O–H groups in total. The number of ether oxygens (including phenoxy) is 1. The van der Waals surface area contributed by atoms with Crippen molar-refractivity contribution in [3.63, 3.8) is 0 Å². The van der Waals surface area contributed by atoms with Crippen molar-refractivity contribution in [1.29, 1.82) is 0 Å². The molecule has 0 aromatic rings. The van der Waals surface area contributed by atoms with E-state index in [0.29, 0.717) is 38.8 Å². The average molecular weight is 337 g/mol. The highest BCUT2D eigenvalue weighted by Gasteiger charge is 2.34.